The molecule has 0 aliphatic rings. The van der Waals surface area contributed by atoms with Gasteiger partial charge in [-0.05, 0) is 31.5 Å². The Kier molecular flexibility index (Phi) is 6.74. The van der Waals surface area contributed by atoms with Crippen LogP contribution in [0, 0.1) is 0 Å². The number of rotatable bonds is 7. The van der Waals surface area contributed by atoms with Gasteiger partial charge in [-0.1, -0.05) is 13.3 Å². The average Bonchev–Trinajstić information content (AvgIpc) is 2.41. The number of hydrogen-bond donors (Lipinski definition) is 3. The van der Waals surface area contributed by atoms with Gasteiger partial charge in [-0.3, -0.25) is 0 Å². The zero-order valence-electron chi connectivity index (χ0n) is 11.5. The zero-order valence-corrected chi connectivity index (χ0v) is 11.5. The van der Waals surface area contributed by atoms with E-state index in [0.717, 1.165) is 12.8 Å². The molecule has 19 heavy (non-hydrogen) atoms. The van der Waals surface area contributed by atoms with Gasteiger partial charge in [0.15, 0.2) is 0 Å². The molecule has 1 aromatic rings. The number of ether oxygens (including phenoxy) is 1. The van der Waals surface area contributed by atoms with Crippen molar-refractivity contribution in [3.63, 3.8) is 0 Å². The van der Waals surface area contributed by atoms with Crippen LogP contribution in [0.25, 0.3) is 0 Å². The van der Waals surface area contributed by atoms with Crippen LogP contribution in [-0.4, -0.2) is 24.3 Å². The molecular weight excluding hydrogens is 244 g/mol. The molecule has 0 heterocycles. The van der Waals surface area contributed by atoms with Crippen molar-refractivity contribution in [3.05, 3.63) is 23.8 Å². The average molecular weight is 266 g/mol. The molecule has 106 valence electrons. The number of unbranched alkanes of at least 4 members (excludes halogenated alkanes) is 1. The molecule has 0 spiro atoms. The van der Waals surface area contributed by atoms with Crippen LogP contribution in [0.15, 0.2) is 18.2 Å². The molecule has 5 heteroatoms. The number of anilines is 1. The summed E-state index contributed by atoms with van der Waals surface area (Å²) in [6, 6.07) is 4.98. The third kappa shape index (κ3) is 5.18. The molecule has 0 fully saturated rings. The smallest absolute Gasteiger partial charge is 0.319 e. The van der Waals surface area contributed by atoms with Crippen molar-refractivity contribution < 1.29 is 14.6 Å². The quantitative estimate of drug-likeness (QED) is 0.664. The van der Waals surface area contributed by atoms with Gasteiger partial charge in [-0.25, -0.2) is 4.79 Å². The van der Waals surface area contributed by atoms with Gasteiger partial charge in [0.05, 0.1) is 13.2 Å². The molecule has 0 atom stereocenters. The van der Waals surface area contributed by atoms with E-state index < -0.39 is 0 Å². The molecule has 0 aliphatic carbocycles. The predicted molar refractivity (Wildman–Crippen MR) is 75.5 cm³/mol. The lowest BCUT2D eigenvalue weighted by molar-refractivity contribution is 0.252. The van der Waals surface area contributed by atoms with E-state index in [1.165, 1.54) is 0 Å². The highest BCUT2D eigenvalue weighted by molar-refractivity contribution is 5.89. The second-order valence-electron chi connectivity index (χ2n) is 4.15. The topological polar surface area (TPSA) is 70.6 Å². The fraction of sp³-hybridized carbons (Fsp3) is 0.500. The van der Waals surface area contributed by atoms with Gasteiger partial charge >= 0.3 is 6.03 Å². The van der Waals surface area contributed by atoms with Crippen LogP contribution in [-0.2, 0) is 6.61 Å². The maximum absolute atomic E-state index is 11.6. The zero-order chi connectivity index (χ0) is 14.1. The van der Waals surface area contributed by atoms with Crippen molar-refractivity contribution in [3.8, 4) is 5.75 Å². The van der Waals surface area contributed by atoms with Crippen LogP contribution in [0.5, 0.6) is 5.75 Å². The fourth-order valence-corrected chi connectivity index (χ4v) is 1.63. The van der Waals surface area contributed by atoms with Crippen LogP contribution < -0.4 is 15.4 Å². The molecule has 0 radical (unpaired) electrons. The maximum Gasteiger partial charge on any atom is 0.319 e. The number of urea groups is 1. The lowest BCUT2D eigenvalue weighted by Gasteiger charge is -2.11. The lowest BCUT2D eigenvalue weighted by atomic mass is 10.2. The highest BCUT2D eigenvalue weighted by atomic mass is 16.5. The highest BCUT2D eigenvalue weighted by Crippen LogP contribution is 2.22. The van der Waals surface area contributed by atoms with E-state index in [0.29, 0.717) is 30.2 Å². The summed E-state index contributed by atoms with van der Waals surface area (Å²) in [6.07, 6.45) is 2.00. The van der Waals surface area contributed by atoms with Gasteiger partial charge in [0.2, 0.25) is 0 Å². The van der Waals surface area contributed by atoms with Crippen molar-refractivity contribution in [1.29, 1.82) is 0 Å². The van der Waals surface area contributed by atoms with E-state index in [9.17, 15) is 9.90 Å². The first-order valence-corrected chi connectivity index (χ1v) is 6.62. The Morgan fingerprint density at radius 3 is 2.79 bits per heavy atom. The molecule has 3 N–H and O–H groups in total. The summed E-state index contributed by atoms with van der Waals surface area (Å²) in [4.78, 5) is 11.6. The number of carbonyl (C=O) groups excluding carboxylic acids is 1. The number of carbonyl (C=O) groups is 1. The lowest BCUT2D eigenvalue weighted by Crippen LogP contribution is -2.29. The summed E-state index contributed by atoms with van der Waals surface area (Å²) >= 11 is 0. The molecule has 0 unspecified atom stereocenters. The normalized spacial score (nSPS) is 10.1. The monoisotopic (exact) mass is 266 g/mol. The minimum atomic E-state index is -0.235. The third-order valence-corrected chi connectivity index (χ3v) is 2.60. The molecule has 0 bridgehead atoms. The van der Waals surface area contributed by atoms with Gasteiger partial charge in [0, 0.05) is 17.8 Å². The second kappa shape index (κ2) is 8.37. The molecule has 0 aliphatic heterocycles. The second-order valence-corrected chi connectivity index (χ2v) is 4.15. The molecular formula is C14H22N2O3. The summed E-state index contributed by atoms with van der Waals surface area (Å²) in [6.45, 7) is 5.03. The summed E-state index contributed by atoms with van der Waals surface area (Å²) in [5, 5.41) is 14.8. The molecule has 0 aromatic heterocycles. The number of benzene rings is 1. The van der Waals surface area contributed by atoms with Crippen molar-refractivity contribution in [1.82, 2.24) is 5.32 Å². The van der Waals surface area contributed by atoms with Gasteiger partial charge in [0.25, 0.3) is 0 Å². The Morgan fingerprint density at radius 1 is 1.37 bits per heavy atom. The Bertz CT molecular complexity index is 408. The van der Waals surface area contributed by atoms with E-state index in [-0.39, 0.29) is 12.6 Å². The molecule has 2 amide bonds. The maximum atomic E-state index is 11.6. The van der Waals surface area contributed by atoms with Crippen LogP contribution >= 0.6 is 0 Å². The van der Waals surface area contributed by atoms with E-state index >= 15 is 0 Å². The minimum Gasteiger partial charge on any atom is -0.494 e. The van der Waals surface area contributed by atoms with E-state index in [1.54, 1.807) is 18.2 Å². The van der Waals surface area contributed by atoms with Crippen LogP contribution in [0.2, 0.25) is 0 Å². The highest BCUT2D eigenvalue weighted by Gasteiger charge is 2.06. The van der Waals surface area contributed by atoms with Gasteiger partial charge in [-0.2, -0.15) is 0 Å². The van der Waals surface area contributed by atoms with Gasteiger partial charge in [0.1, 0.15) is 5.75 Å². The number of aliphatic hydroxyl groups excluding tert-OH is 1. The standard InChI is InChI=1S/C14H22N2O3/c1-3-5-8-15-14(18)16-12-6-7-13(19-4-2)11(9-12)10-17/h6-7,9,17H,3-5,8,10H2,1-2H3,(H2,15,16,18). The molecule has 5 nitrogen and oxygen atoms in total. The summed E-state index contributed by atoms with van der Waals surface area (Å²) in [7, 11) is 0. The summed E-state index contributed by atoms with van der Waals surface area (Å²) in [5.74, 6) is 0.641. The first-order valence-electron chi connectivity index (χ1n) is 6.62. The van der Waals surface area contributed by atoms with E-state index in [1.807, 2.05) is 6.92 Å². The van der Waals surface area contributed by atoms with E-state index in [2.05, 4.69) is 17.6 Å². The Balaban J connectivity index is 2.61. The van der Waals surface area contributed by atoms with Crippen molar-refractivity contribution >= 4 is 11.7 Å². The van der Waals surface area contributed by atoms with Crippen LogP contribution in [0.1, 0.15) is 32.3 Å². The predicted octanol–water partition coefficient (Wildman–Crippen LogP) is 2.50. The van der Waals surface area contributed by atoms with Crippen molar-refractivity contribution in [2.45, 2.75) is 33.3 Å². The van der Waals surface area contributed by atoms with Crippen LogP contribution in [0.4, 0.5) is 10.5 Å². The Labute approximate surface area is 114 Å². The third-order valence-electron chi connectivity index (χ3n) is 2.60. The number of hydrogen-bond acceptors (Lipinski definition) is 3. The summed E-state index contributed by atoms with van der Waals surface area (Å²) < 4.78 is 5.38. The fourth-order valence-electron chi connectivity index (χ4n) is 1.63. The number of nitrogens with one attached hydrogen (secondary N) is 2. The first kappa shape index (κ1) is 15.3. The van der Waals surface area contributed by atoms with Crippen LogP contribution in [0.3, 0.4) is 0 Å². The van der Waals surface area contributed by atoms with E-state index in [4.69, 9.17) is 4.74 Å². The molecule has 1 aromatic carbocycles. The molecule has 0 saturated carbocycles. The summed E-state index contributed by atoms with van der Waals surface area (Å²) in [5.41, 5.74) is 1.30. The van der Waals surface area contributed by atoms with Crippen molar-refractivity contribution in [2.75, 3.05) is 18.5 Å². The molecule has 0 saturated heterocycles. The molecule has 1 rings (SSSR count). The first-order chi connectivity index (χ1) is 9.21. The van der Waals surface area contributed by atoms with Crippen molar-refractivity contribution in [2.24, 2.45) is 0 Å². The Morgan fingerprint density at radius 2 is 2.16 bits per heavy atom. The number of aliphatic hydroxyl groups is 1. The largest absolute Gasteiger partial charge is 0.494 e. The van der Waals surface area contributed by atoms with Gasteiger partial charge < -0.3 is 20.5 Å². The minimum absolute atomic E-state index is 0.123. The SMILES string of the molecule is CCCCNC(=O)Nc1ccc(OCC)c(CO)c1. The number of amides is 2. The van der Waals surface area contributed by atoms with Gasteiger partial charge in [-0.15, -0.1) is 0 Å². The Hall–Kier alpha value is -1.75.